The van der Waals surface area contributed by atoms with Crippen molar-refractivity contribution in [2.45, 2.75) is 31.2 Å². The maximum absolute atomic E-state index is 12.7. The number of ether oxygens (including phenoxy) is 3. The summed E-state index contributed by atoms with van der Waals surface area (Å²) < 4.78 is 43.8. The molecule has 0 bridgehead atoms. The summed E-state index contributed by atoms with van der Waals surface area (Å²) in [4.78, 5) is 0.107. The third-order valence-corrected chi connectivity index (χ3v) is 5.65. The molecule has 0 unspecified atom stereocenters. The fraction of sp³-hybridized carbons (Fsp3) is 0.368. The topological polar surface area (TPSA) is 99.9 Å². The molecule has 0 aliphatic heterocycles. The largest absolute Gasteiger partial charge is 0.496 e. The van der Waals surface area contributed by atoms with Crippen LogP contribution in [-0.2, 0) is 16.6 Å². The van der Waals surface area contributed by atoms with Gasteiger partial charge in [0.2, 0.25) is 10.0 Å². The van der Waals surface area contributed by atoms with E-state index in [1.54, 1.807) is 24.3 Å². The van der Waals surface area contributed by atoms with Gasteiger partial charge < -0.3 is 19.9 Å². The van der Waals surface area contributed by atoms with Crippen LogP contribution in [0.15, 0.2) is 35.2 Å². The molecule has 0 atom stereocenters. The average molecular weight is 394 g/mol. The zero-order valence-corrected chi connectivity index (χ0v) is 17.0. The molecular formula is C19H26N2O5S. The fourth-order valence-corrected chi connectivity index (χ4v) is 3.78. The van der Waals surface area contributed by atoms with E-state index in [1.807, 2.05) is 13.8 Å². The molecule has 0 aromatic heterocycles. The summed E-state index contributed by atoms with van der Waals surface area (Å²) >= 11 is 0. The van der Waals surface area contributed by atoms with Crippen molar-refractivity contribution >= 4 is 15.7 Å². The van der Waals surface area contributed by atoms with Gasteiger partial charge in [0, 0.05) is 24.4 Å². The van der Waals surface area contributed by atoms with E-state index >= 15 is 0 Å². The number of sulfonamides is 1. The van der Waals surface area contributed by atoms with E-state index in [1.165, 1.54) is 27.4 Å². The van der Waals surface area contributed by atoms with Crippen molar-refractivity contribution in [1.29, 1.82) is 0 Å². The van der Waals surface area contributed by atoms with Crippen LogP contribution in [0.25, 0.3) is 0 Å². The molecule has 0 aliphatic carbocycles. The molecule has 2 aromatic carbocycles. The molecule has 7 nitrogen and oxygen atoms in total. The molecule has 27 heavy (non-hydrogen) atoms. The fourth-order valence-electron chi connectivity index (χ4n) is 2.75. The van der Waals surface area contributed by atoms with Gasteiger partial charge in [0.15, 0.2) is 0 Å². The molecule has 0 amide bonds. The third kappa shape index (κ3) is 4.64. The summed E-state index contributed by atoms with van der Waals surface area (Å²) in [6.45, 7) is 3.99. The first-order valence-electron chi connectivity index (χ1n) is 8.41. The summed E-state index contributed by atoms with van der Waals surface area (Å²) in [6.07, 6.45) is 0. The quantitative estimate of drug-likeness (QED) is 0.668. The highest BCUT2D eigenvalue weighted by Crippen LogP contribution is 2.34. The van der Waals surface area contributed by atoms with Gasteiger partial charge in [0.1, 0.15) is 17.2 Å². The second kappa shape index (κ2) is 8.49. The number of benzene rings is 2. The standard InChI is InChI=1S/C19H26N2O5S/c1-12(2)15-7-6-14(10-17(15)20)27(22,23)21-11-16-18(25-4)8-13(24-3)9-19(16)26-5/h6-10,12,21H,11,20H2,1-5H3. The van der Waals surface area contributed by atoms with Crippen molar-refractivity contribution in [3.63, 3.8) is 0 Å². The lowest BCUT2D eigenvalue weighted by Crippen LogP contribution is -2.24. The van der Waals surface area contributed by atoms with E-state index in [0.29, 0.717) is 28.5 Å². The van der Waals surface area contributed by atoms with Crippen molar-refractivity contribution in [3.05, 3.63) is 41.5 Å². The van der Waals surface area contributed by atoms with Crippen LogP contribution in [0.4, 0.5) is 5.69 Å². The Labute approximate surface area is 160 Å². The summed E-state index contributed by atoms with van der Waals surface area (Å²) in [6, 6.07) is 8.10. The van der Waals surface area contributed by atoms with E-state index < -0.39 is 10.0 Å². The molecule has 0 fully saturated rings. The van der Waals surface area contributed by atoms with Gasteiger partial charge in [0.25, 0.3) is 0 Å². The predicted molar refractivity (Wildman–Crippen MR) is 105 cm³/mol. The van der Waals surface area contributed by atoms with Crippen molar-refractivity contribution in [2.75, 3.05) is 27.1 Å². The van der Waals surface area contributed by atoms with E-state index in [0.717, 1.165) is 5.56 Å². The molecule has 0 heterocycles. The SMILES string of the molecule is COc1cc(OC)c(CNS(=O)(=O)c2ccc(C(C)C)c(N)c2)c(OC)c1. The Morgan fingerprint density at radius 3 is 2.04 bits per heavy atom. The molecule has 0 aliphatic rings. The van der Waals surface area contributed by atoms with E-state index in [4.69, 9.17) is 19.9 Å². The second-order valence-corrected chi connectivity index (χ2v) is 8.05. The van der Waals surface area contributed by atoms with Crippen LogP contribution in [0.5, 0.6) is 17.2 Å². The van der Waals surface area contributed by atoms with Gasteiger partial charge >= 0.3 is 0 Å². The van der Waals surface area contributed by atoms with Crippen molar-refractivity contribution < 1.29 is 22.6 Å². The Morgan fingerprint density at radius 1 is 1.00 bits per heavy atom. The summed E-state index contributed by atoms with van der Waals surface area (Å²) in [5.74, 6) is 1.68. The lowest BCUT2D eigenvalue weighted by atomic mass is 10.0. The first kappa shape index (κ1) is 20.9. The maximum Gasteiger partial charge on any atom is 0.240 e. The highest BCUT2D eigenvalue weighted by Gasteiger charge is 2.19. The minimum Gasteiger partial charge on any atom is -0.496 e. The van der Waals surface area contributed by atoms with Crippen LogP contribution in [0.1, 0.15) is 30.9 Å². The molecule has 0 saturated carbocycles. The number of anilines is 1. The molecule has 0 spiro atoms. The summed E-state index contributed by atoms with van der Waals surface area (Å²) in [5.41, 5.74) is 7.93. The van der Waals surface area contributed by atoms with Gasteiger partial charge in [-0.25, -0.2) is 13.1 Å². The minimum atomic E-state index is -3.76. The lowest BCUT2D eigenvalue weighted by Gasteiger charge is -2.16. The van der Waals surface area contributed by atoms with Crippen molar-refractivity contribution in [1.82, 2.24) is 4.72 Å². The van der Waals surface area contributed by atoms with Crippen LogP contribution in [0, 0.1) is 0 Å². The van der Waals surface area contributed by atoms with Gasteiger partial charge in [-0.1, -0.05) is 19.9 Å². The van der Waals surface area contributed by atoms with Crippen molar-refractivity contribution in [3.8, 4) is 17.2 Å². The van der Waals surface area contributed by atoms with Crippen molar-refractivity contribution in [2.24, 2.45) is 0 Å². The second-order valence-electron chi connectivity index (χ2n) is 6.28. The molecule has 0 radical (unpaired) electrons. The van der Waals surface area contributed by atoms with Crippen LogP contribution >= 0.6 is 0 Å². The average Bonchev–Trinajstić information content (AvgIpc) is 2.65. The first-order valence-corrected chi connectivity index (χ1v) is 9.89. The Bertz CT molecular complexity index is 885. The number of nitrogens with one attached hydrogen (secondary N) is 1. The van der Waals surface area contributed by atoms with Gasteiger partial charge in [-0.05, 0) is 23.6 Å². The molecule has 2 aromatic rings. The Morgan fingerprint density at radius 2 is 1.59 bits per heavy atom. The molecular weight excluding hydrogens is 368 g/mol. The summed E-state index contributed by atoms with van der Waals surface area (Å²) in [5, 5.41) is 0. The Balaban J connectivity index is 2.31. The normalized spacial score (nSPS) is 11.5. The number of rotatable bonds is 8. The molecule has 8 heteroatoms. The Hall–Kier alpha value is -2.45. The zero-order chi connectivity index (χ0) is 20.2. The highest BCUT2D eigenvalue weighted by molar-refractivity contribution is 7.89. The van der Waals surface area contributed by atoms with Gasteiger partial charge in [0.05, 0.1) is 31.8 Å². The number of nitrogens with two attached hydrogens (primary N) is 1. The third-order valence-electron chi connectivity index (χ3n) is 4.25. The van der Waals surface area contributed by atoms with Gasteiger partial charge in [-0.2, -0.15) is 0 Å². The highest BCUT2D eigenvalue weighted by atomic mass is 32.2. The summed E-state index contributed by atoms with van der Waals surface area (Å²) in [7, 11) is 0.763. The predicted octanol–water partition coefficient (Wildman–Crippen LogP) is 2.90. The van der Waals surface area contributed by atoms with Gasteiger partial charge in [-0.15, -0.1) is 0 Å². The van der Waals surface area contributed by atoms with E-state index in [9.17, 15) is 8.42 Å². The molecule has 148 valence electrons. The maximum atomic E-state index is 12.7. The number of hydrogen-bond donors (Lipinski definition) is 2. The number of hydrogen-bond acceptors (Lipinski definition) is 6. The van der Waals surface area contributed by atoms with Crippen LogP contribution in [0.3, 0.4) is 0 Å². The van der Waals surface area contributed by atoms with Crippen LogP contribution in [0.2, 0.25) is 0 Å². The van der Waals surface area contributed by atoms with Gasteiger partial charge in [-0.3, -0.25) is 0 Å². The first-order chi connectivity index (χ1) is 12.7. The minimum absolute atomic E-state index is 0.00941. The van der Waals surface area contributed by atoms with Crippen LogP contribution < -0.4 is 24.7 Å². The van der Waals surface area contributed by atoms with E-state index in [-0.39, 0.29) is 17.4 Å². The molecule has 2 rings (SSSR count). The molecule has 0 saturated heterocycles. The Kier molecular flexibility index (Phi) is 6.56. The number of nitrogen functional groups attached to an aromatic ring is 1. The lowest BCUT2D eigenvalue weighted by molar-refractivity contribution is 0.368. The number of methoxy groups -OCH3 is 3. The smallest absolute Gasteiger partial charge is 0.240 e. The molecule has 3 N–H and O–H groups in total. The zero-order valence-electron chi connectivity index (χ0n) is 16.2. The van der Waals surface area contributed by atoms with Crippen LogP contribution in [-0.4, -0.2) is 29.7 Å². The van der Waals surface area contributed by atoms with E-state index in [2.05, 4.69) is 4.72 Å². The monoisotopic (exact) mass is 394 g/mol.